The van der Waals surface area contributed by atoms with Gasteiger partial charge in [-0.25, -0.2) is 4.79 Å². The normalized spacial score (nSPS) is 14.9. The number of carbonyl (C=O) groups is 2. The highest BCUT2D eigenvalue weighted by atomic mass is 16.5. The zero-order valence-corrected chi connectivity index (χ0v) is 9.02. The molecule has 0 saturated heterocycles. The third kappa shape index (κ3) is 1.91. The van der Waals surface area contributed by atoms with Crippen LogP contribution in [0.3, 0.4) is 0 Å². The molecule has 1 aliphatic rings. The molecule has 0 saturated carbocycles. The number of nitrogens with one attached hydrogen (secondary N) is 1. The summed E-state index contributed by atoms with van der Waals surface area (Å²) in [5.74, 6) is -0.684. The average molecular weight is 223 g/mol. The van der Waals surface area contributed by atoms with Gasteiger partial charge in [-0.1, -0.05) is 0 Å². The number of aromatic nitrogens is 2. The number of amides is 1. The Bertz CT molecular complexity index is 425. The van der Waals surface area contributed by atoms with E-state index in [0.29, 0.717) is 25.4 Å². The first-order valence-electron chi connectivity index (χ1n) is 5.25. The SMILES string of the molecule is CCOC(=O)c1cc2n(n1)CCCNC2=O. The number of nitrogens with zero attached hydrogens (tertiary/aromatic N) is 2. The van der Waals surface area contributed by atoms with Gasteiger partial charge >= 0.3 is 5.97 Å². The van der Waals surface area contributed by atoms with E-state index in [2.05, 4.69) is 10.4 Å². The minimum Gasteiger partial charge on any atom is -0.461 e. The molecule has 0 spiro atoms. The molecule has 0 aliphatic carbocycles. The van der Waals surface area contributed by atoms with E-state index in [0.717, 1.165) is 6.42 Å². The average Bonchev–Trinajstić information content (AvgIpc) is 2.62. The maximum Gasteiger partial charge on any atom is 0.358 e. The molecule has 16 heavy (non-hydrogen) atoms. The van der Waals surface area contributed by atoms with Gasteiger partial charge in [-0.2, -0.15) is 5.10 Å². The fourth-order valence-electron chi connectivity index (χ4n) is 1.60. The molecular weight excluding hydrogens is 210 g/mol. The Kier molecular flexibility index (Phi) is 2.89. The van der Waals surface area contributed by atoms with Gasteiger partial charge in [-0.05, 0) is 13.3 Å². The molecular formula is C10H13N3O3. The minimum atomic E-state index is -0.490. The molecule has 1 N–H and O–H groups in total. The number of rotatable bonds is 2. The quantitative estimate of drug-likeness (QED) is 0.726. The first-order chi connectivity index (χ1) is 7.72. The van der Waals surface area contributed by atoms with E-state index in [9.17, 15) is 9.59 Å². The van der Waals surface area contributed by atoms with Gasteiger partial charge in [0.2, 0.25) is 0 Å². The highest BCUT2D eigenvalue weighted by molar-refractivity contribution is 5.96. The molecule has 6 heteroatoms. The Hall–Kier alpha value is -1.85. The fraction of sp³-hybridized carbons (Fsp3) is 0.500. The first-order valence-corrected chi connectivity index (χ1v) is 5.25. The van der Waals surface area contributed by atoms with Crippen molar-refractivity contribution in [3.8, 4) is 0 Å². The molecule has 1 aromatic heterocycles. The van der Waals surface area contributed by atoms with Gasteiger partial charge < -0.3 is 10.1 Å². The number of carbonyl (C=O) groups excluding carboxylic acids is 2. The molecule has 1 amide bonds. The van der Waals surface area contributed by atoms with Crippen molar-refractivity contribution in [2.75, 3.05) is 13.2 Å². The van der Waals surface area contributed by atoms with Gasteiger partial charge in [0.15, 0.2) is 5.69 Å². The van der Waals surface area contributed by atoms with Crippen molar-refractivity contribution in [3.05, 3.63) is 17.5 Å². The van der Waals surface area contributed by atoms with Crippen LogP contribution in [0.2, 0.25) is 0 Å². The molecule has 2 rings (SSSR count). The first kappa shape index (κ1) is 10.7. The summed E-state index contributed by atoms with van der Waals surface area (Å²) in [7, 11) is 0. The van der Waals surface area contributed by atoms with Crippen LogP contribution in [0.1, 0.15) is 34.3 Å². The second kappa shape index (κ2) is 4.34. The van der Waals surface area contributed by atoms with Crippen LogP contribution in [0.15, 0.2) is 6.07 Å². The van der Waals surface area contributed by atoms with E-state index in [4.69, 9.17) is 4.74 Å². The van der Waals surface area contributed by atoms with Gasteiger partial charge in [-0.3, -0.25) is 9.48 Å². The van der Waals surface area contributed by atoms with E-state index in [-0.39, 0.29) is 11.6 Å². The Balaban J connectivity index is 2.29. The topological polar surface area (TPSA) is 73.2 Å². The van der Waals surface area contributed by atoms with E-state index in [1.807, 2.05) is 0 Å². The molecule has 0 fully saturated rings. The van der Waals surface area contributed by atoms with Crippen LogP contribution in [-0.2, 0) is 11.3 Å². The predicted octanol–water partition coefficient (Wildman–Crippen LogP) is 0.193. The van der Waals surface area contributed by atoms with Crippen LogP contribution < -0.4 is 5.32 Å². The second-order valence-electron chi connectivity index (χ2n) is 3.47. The van der Waals surface area contributed by atoms with E-state index < -0.39 is 5.97 Å². The maximum atomic E-state index is 11.6. The molecule has 0 unspecified atom stereocenters. The molecule has 0 radical (unpaired) electrons. The summed E-state index contributed by atoms with van der Waals surface area (Å²) in [6, 6.07) is 1.47. The minimum absolute atomic E-state index is 0.189. The van der Waals surface area contributed by atoms with Gasteiger partial charge in [0.25, 0.3) is 5.91 Å². The van der Waals surface area contributed by atoms with Gasteiger partial charge in [-0.15, -0.1) is 0 Å². The summed E-state index contributed by atoms with van der Waals surface area (Å²) in [5, 5.41) is 6.79. The van der Waals surface area contributed by atoms with Crippen LogP contribution >= 0.6 is 0 Å². The molecule has 2 heterocycles. The van der Waals surface area contributed by atoms with Crippen molar-refractivity contribution in [1.82, 2.24) is 15.1 Å². The fourth-order valence-corrected chi connectivity index (χ4v) is 1.60. The Morgan fingerprint density at radius 1 is 1.69 bits per heavy atom. The van der Waals surface area contributed by atoms with Crippen molar-refractivity contribution in [2.24, 2.45) is 0 Å². The number of hydrogen-bond acceptors (Lipinski definition) is 4. The summed E-state index contributed by atoms with van der Waals surface area (Å²) in [4.78, 5) is 23.0. The van der Waals surface area contributed by atoms with Gasteiger partial charge in [0, 0.05) is 19.2 Å². The molecule has 86 valence electrons. The van der Waals surface area contributed by atoms with Crippen molar-refractivity contribution in [1.29, 1.82) is 0 Å². The summed E-state index contributed by atoms with van der Waals surface area (Å²) in [6.45, 7) is 3.29. The standard InChI is InChI=1S/C10H13N3O3/c1-2-16-10(15)7-6-8-9(14)11-4-3-5-13(8)12-7/h6H,2-5H2,1H3,(H,11,14). The van der Waals surface area contributed by atoms with Gasteiger partial charge in [0.1, 0.15) is 5.69 Å². The zero-order chi connectivity index (χ0) is 11.5. The summed E-state index contributed by atoms with van der Waals surface area (Å²) in [5.41, 5.74) is 0.606. The summed E-state index contributed by atoms with van der Waals surface area (Å²) >= 11 is 0. The molecule has 6 nitrogen and oxygen atoms in total. The smallest absolute Gasteiger partial charge is 0.358 e. The van der Waals surface area contributed by atoms with Crippen LogP contribution in [0.25, 0.3) is 0 Å². The monoisotopic (exact) mass is 223 g/mol. The van der Waals surface area contributed by atoms with E-state index >= 15 is 0 Å². The molecule has 0 atom stereocenters. The highest BCUT2D eigenvalue weighted by Crippen LogP contribution is 2.09. The van der Waals surface area contributed by atoms with E-state index in [1.54, 1.807) is 11.6 Å². The second-order valence-corrected chi connectivity index (χ2v) is 3.47. The van der Waals surface area contributed by atoms with Crippen molar-refractivity contribution in [2.45, 2.75) is 19.9 Å². The van der Waals surface area contributed by atoms with Crippen LogP contribution in [0.5, 0.6) is 0 Å². The Morgan fingerprint density at radius 3 is 3.25 bits per heavy atom. The number of aryl methyl sites for hydroxylation is 1. The lowest BCUT2D eigenvalue weighted by Gasteiger charge is -1.98. The molecule has 1 aromatic rings. The Labute approximate surface area is 92.6 Å². The summed E-state index contributed by atoms with van der Waals surface area (Å²) < 4.78 is 6.38. The third-order valence-electron chi connectivity index (χ3n) is 2.33. The van der Waals surface area contributed by atoms with E-state index in [1.165, 1.54) is 6.07 Å². The van der Waals surface area contributed by atoms with Crippen LogP contribution in [0, 0.1) is 0 Å². The third-order valence-corrected chi connectivity index (χ3v) is 2.33. The van der Waals surface area contributed by atoms with Crippen LogP contribution in [0.4, 0.5) is 0 Å². The maximum absolute atomic E-state index is 11.6. The van der Waals surface area contributed by atoms with Crippen molar-refractivity contribution < 1.29 is 14.3 Å². The lowest BCUT2D eigenvalue weighted by atomic mass is 10.3. The number of hydrogen-bond donors (Lipinski definition) is 1. The largest absolute Gasteiger partial charge is 0.461 e. The zero-order valence-electron chi connectivity index (χ0n) is 9.02. The number of fused-ring (bicyclic) bond motifs is 1. The van der Waals surface area contributed by atoms with Crippen LogP contribution in [-0.4, -0.2) is 34.8 Å². The molecule has 1 aliphatic heterocycles. The number of ether oxygens (including phenoxy) is 1. The molecule has 0 bridgehead atoms. The van der Waals surface area contributed by atoms with Crippen molar-refractivity contribution >= 4 is 11.9 Å². The highest BCUT2D eigenvalue weighted by Gasteiger charge is 2.21. The lowest BCUT2D eigenvalue weighted by molar-refractivity contribution is 0.0518. The van der Waals surface area contributed by atoms with Crippen molar-refractivity contribution in [3.63, 3.8) is 0 Å². The number of esters is 1. The predicted molar refractivity (Wildman–Crippen MR) is 55.1 cm³/mol. The van der Waals surface area contributed by atoms with Gasteiger partial charge in [0.05, 0.1) is 6.61 Å². The lowest BCUT2D eigenvalue weighted by Crippen LogP contribution is -2.22. The molecule has 0 aromatic carbocycles. The Morgan fingerprint density at radius 2 is 2.50 bits per heavy atom. The summed E-state index contributed by atoms with van der Waals surface area (Å²) in [6.07, 6.45) is 0.808.